The molecule has 3 amide bonds. The summed E-state index contributed by atoms with van der Waals surface area (Å²) in [7, 11) is 0. The molecule has 0 aromatic rings. The Hall–Kier alpha value is 0.536. The summed E-state index contributed by atoms with van der Waals surface area (Å²) in [5, 5.41) is 9.61. The maximum Gasteiger partial charge on any atom is 1.00 e. The molecule has 0 aliphatic heterocycles. The SMILES string of the molecule is NC(=O)NC(=O)CO.[H-].[K+]. The molecule has 4 N–H and O–H groups in total. The Labute approximate surface area is 95.9 Å². The van der Waals surface area contributed by atoms with Crippen LogP contribution in [0.1, 0.15) is 1.43 Å². The first-order valence-electron chi connectivity index (χ1n) is 1.87. The number of aliphatic hydroxyl groups is 1. The fraction of sp³-hybridized carbons (Fsp3) is 0.333. The van der Waals surface area contributed by atoms with Gasteiger partial charge in [0.05, 0.1) is 0 Å². The average molecular weight is 158 g/mol. The van der Waals surface area contributed by atoms with Gasteiger partial charge in [0, 0.05) is 0 Å². The zero-order valence-electron chi connectivity index (χ0n) is 6.05. The van der Waals surface area contributed by atoms with Gasteiger partial charge in [0.2, 0.25) is 0 Å². The van der Waals surface area contributed by atoms with Crippen LogP contribution in [0.2, 0.25) is 0 Å². The molecule has 0 spiro atoms. The van der Waals surface area contributed by atoms with Gasteiger partial charge in [-0.3, -0.25) is 10.1 Å². The molecule has 0 radical (unpaired) electrons. The monoisotopic (exact) mass is 158 g/mol. The number of urea groups is 1. The van der Waals surface area contributed by atoms with Crippen LogP contribution in [0.4, 0.5) is 4.79 Å². The van der Waals surface area contributed by atoms with Crippen LogP contribution >= 0.6 is 0 Å². The van der Waals surface area contributed by atoms with Crippen LogP contribution in [0.15, 0.2) is 0 Å². The van der Waals surface area contributed by atoms with Crippen LogP contribution in [-0.4, -0.2) is 23.7 Å². The molecule has 48 valence electrons. The number of nitrogens with one attached hydrogen (secondary N) is 1. The van der Waals surface area contributed by atoms with Crippen molar-refractivity contribution in [2.24, 2.45) is 5.73 Å². The van der Waals surface area contributed by atoms with Crippen molar-refractivity contribution in [1.29, 1.82) is 0 Å². The molecule has 9 heavy (non-hydrogen) atoms. The number of carbonyl (C=O) groups excluding carboxylic acids is 2. The van der Waals surface area contributed by atoms with Gasteiger partial charge in [-0.25, -0.2) is 4.79 Å². The minimum atomic E-state index is -0.955. The number of rotatable bonds is 1. The Morgan fingerprint density at radius 3 is 2.22 bits per heavy atom. The number of primary amides is 1. The summed E-state index contributed by atoms with van der Waals surface area (Å²) in [5.74, 6) is -0.794. The van der Waals surface area contributed by atoms with E-state index in [4.69, 9.17) is 5.11 Å². The van der Waals surface area contributed by atoms with Gasteiger partial charge in [-0.05, 0) is 0 Å². The second-order valence-electron chi connectivity index (χ2n) is 1.07. The smallest absolute Gasteiger partial charge is 1.00 e. The van der Waals surface area contributed by atoms with E-state index in [2.05, 4.69) is 5.73 Å². The van der Waals surface area contributed by atoms with Crippen molar-refractivity contribution in [1.82, 2.24) is 5.32 Å². The van der Waals surface area contributed by atoms with Crippen LogP contribution in [0.3, 0.4) is 0 Å². The van der Waals surface area contributed by atoms with Crippen LogP contribution in [0, 0.1) is 0 Å². The van der Waals surface area contributed by atoms with E-state index in [-0.39, 0.29) is 52.8 Å². The number of nitrogens with two attached hydrogens (primary N) is 1. The summed E-state index contributed by atoms with van der Waals surface area (Å²) in [6.45, 7) is -0.719. The minimum Gasteiger partial charge on any atom is -1.00 e. The zero-order chi connectivity index (χ0) is 6.57. The number of imide groups is 1. The predicted octanol–water partition coefficient (Wildman–Crippen LogP) is -4.71. The summed E-state index contributed by atoms with van der Waals surface area (Å²) in [6.07, 6.45) is 0. The zero-order valence-corrected chi connectivity index (χ0v) is 8.17. The molecule has 0 bridgehead atoms. The maximum atomic E-state index is 9.96. The van der Waals surface area contributed by atoms with Gasteiger partial charge in [0.15, 0.2) is 0 Å². The predicted molar refractivity (Wildman–Crippen MR) is 25.9 cm³/mol. The van der Waals surface area contributed by atoms with Gasteiger partial charge >= 0.3 is 57.4 Å². The van der Waals surface area contributed by atoms with Gasteiger partial charge in [-0.15, -0.1) is 0 Å². The van der Waals surface area contributed by atoms with Crippen LogP contribution in [0.25, 0.3) is 0 Å². The summed E-state index contributed by atoms with van der Waals surface area (Å²) in [6, 6.07) is -0.955. The summed E-state index contributed by atoms with van der Waals surface area (Å²) in [5.41, 5.74) is 4.49. The van der Waals surface area contributed by atoms with E-state index < -0.39 is 18.5 Å². The van der Waals surface area contributed by atoms with Crippen molar-refractivity contribution in [3.8, 4) is 0 Å². The molecular weight excluding hydrogens is 151 g/mol. The molecule has 0 aliphatic rings. The number of hydrogen-bond acceptors (Lipinski definition) is 3. The molecule has 0 unspecified atom stereocenters. The average Bonchev–Trinajstić information content (AvgIpc) is 1.65. The van der Waals surface area contributed by atoms with E-state index in [1.165, 1.54) is 0 Å². The Morgan fingerprint density at radius 2 is 2.11 bits per heavy atom. The first-order chi connectivity index (χ1) is 3.66. The summed E-state index contributed by atoms with van der Waals surface area (Å²) < 4.78 is 0. The van der Waals surface area contributed by atoms with Gasteiger partial charge in [0.1, 0.15) is 6.61 Å². The first kappa shape index (κ1) is 12.2. The van der Waals surface area contributed by atoms with Crippen molar-refractivity contribution in [2.75, 3.05) is 6.61 Å². The van der Waals surface area contributed by atoms with E-state index in [1.807, 2.05) is 0 Å². The van der Waals surface area contributed by atoms with Gasteiger partial charge in [-0.2, -0.15) is 0 Å². The molecule has 0 aromatic heterocycles. The Kier molecular flexibility index (Phi) is 9.05. The molecule has 0 atom stereocenters. The Morgan fingerprint density at radius 1 is 1.67 bits per heavy atom. The second kappa shape index (κ2) is 6.65. The van der Waals surface area contributed by atoms with Crippen molar-refractivity contribution in [2.45, 2.75) is 0 Å². The molecule has 0 saturated heterocycles. The van der Waals surface area contributed by atoms with Crippen LogP contribution in [-0.2, 0) is 4.79 Å². The Bertz CT molecular complexity index is 120. The van der Waals surface area contributed by atoms with Gasteiger partial charge in [-0.1, -0.05) is 0 Å². The van der Waals surface area contributed by atoms with E-state index >= 15 is 0 Å². The number of hydrogen-bond donors (Lipinski definition) is 3. The van der Waals surface area contributed by atoms with Crippen molar-refractivity contribution >= 4 is 11.9 Å². The van der Waals surface area contributed by atoms with Gasteiger partial charge < -0.3 is 12.3 Å². The fourth-order valence-corrected chi connectivity index (χ4v) is 0.177. The van der Waals surface area contributed by atoms with Crippen molar-refractivity contribution < 1.29 is 67.5 Å². The van der Waals surface area contributed by atoms with Gasteiger partial charge in [0.25, 0.3) is 5.91 Å². The quantitative estimate of drug-likeness (QED) is 0.335. The summed E-state index contributed by atoms with van der Waals surface area (Å²) >= 11 is 0. The topological polar surface area (TPSA) is 92.4 Å². The number of amides is 3. The number of carbonyl (C=O) groups is 2. The molecular formula is C3H7KN2O3. The van der Waals surface area contributed by atoms with Crippen molar-refractivity contribution in [3.63, 3.8) is 0 Å². The molecule has 0 aliphatic carbocycles. The third kappa shape index (κ3) is 8.54. The maximum absolute atomic E-state index is 9.96. The van der Waals surface area contributed by atoms with E-state index in [1.54, 1.807) is 5.32 Å². The largest absolute Gasteiger partial charge is 1.00 e. The second-order valence-corrected chi connectivity index (χ2v) is 1.07. The minimum absolute atomic E-state index is 0. The molecule has 0 saturated carbocycles. The van der Waals surface area contributed by atoms with E-state index in [9.17, 15) is 9.59 Å². The van der Waals surface area contributed by atoms with E-state index in [0.29, 0.717) is 0 Å². The van der Waals surface area contributed by atoms with Crippen LogP contribution < -0.4 is 62.4 Å². The third-order valence-electron chi connectivity index (χ3n) is 0.406. The summed E-state index contributed by atoms with van der Waals surface area (Å²) in [4.78, 5) is 19.7. The van der Waals surface area contributed by atoms with Crippen molar-refractivity contribution in [3.05, 3.63) is 0 Å². The molecule has 0 aromatic carbocycles. The molecule has 5 nitrogen and oxygen atoms in total. The first-order valence-corrected chi connectivity index (χ1v) is 1.87. The normalized spacial score (nSPS) is 7.22. The third-order valence-corrected chi connectivity index (χ3v) is 0.406. The van der Waals surface area contributed by atoms with E-state index in [0.717, 1.165) is 0 Å². The standard InChI is InChI=1S/C3H6N2O3.K.H/c4-3(8)5-2(7)1-6;;/h6H,1H2,(H3,4,5,7,8);;/q;+1;-1. The molecule has 6 heteroatoms. The molecule has 0 fully saturated rings. The molecule has 0 rings (SSSR count). The fourth-order valence-electron chi connectivity index (χ4n) is 0.177. The molecule has 0 heterocycles. The Balaban J connectivity index is -0.000000245. The van der Waals surface area contributed by atoms with Crippen LogP contribution in [0.5, 0.6) is 0 Å². The number of aliphatic hydroxyl groups excluding tert-OH is 1.